The molecule has 0 unspecified atom stereocenters. The van der Waals surface area contributed by atoms with Crippen molar-refractivity contribution in [2.45, 2.75) is 6.42 Å². The summed E-state index contributed by atoms with van der Waals surface area (Å²) in [5.74, 6) is -0.0436. The van der Waals surface area contributed by atoms with E-state index in [4.69, 9.17) is 0 Å². The van der Waals surface area contributed by atoms with Crippen LogP contribution in [0.25, 0.3) is 0 Å². The number of hydrogen-bond donors (Lipinski definition) is 0. The lowest BCUT2D eigenvalue weighted by Gasteiger charge is -2.04. The van der Waals surface area contributed by atoms with Crippen molar-refractivity contribution in [3.05, 3.63) is 82.8 Å². The minimum atomic E-state index is -0.0687. The normalized spacial score (nSPS) is 11.2. The van der Waals surface area contributed by atoms with Crippen molar-refractivity contribution < 1.29 is 9.59 Å². The molecule has 0 radical (unpaired) electrons. The third-order valence-corrected chi connectivity index (χ3v) is 3.83. The van der Waals surface area contributed by atoms with Crippen LogP contribution in [-0.2, 0) is 0 Å². The molecule has 0 bridgehead atoms. The van der Waals surface area contributed by atoms with Crippen LogP contribution < -0.4 is 0 Å². The number of carbonyl (C=O) groups is 2. The second kappa shape index (κ2) is 7.60. The van der Waals surface area contributed by atoms with Gasteiger partial charge in [-0.2, -0.15) is 0 Å². The highest BCUT2D eigenvalue weighted by molar-refractivity contribution is 8.02. The van der Waals surface area contributed by atoms with Crippen LogP contribution in [0.1, 0.15) is 27.1 Å². The maximum atomic E-state index is 12.2. The van der Waals surface area contributed by atoms with Crippen molar-refractivity contribution in [3.8, 4) is 0 Å². The molecule has 2 aromatic carbocycles. The monoisotopic (exact) mass is 296 g/mol. The highest BCUT2D eigenvalue weighted by atomic mass is 32.2. The maximum absolute atomic E-state index is 12.2. The number of Topliss-reactive ketones (excluding diaryl/α,β-unsaturated/α-hetero) is 1. The molecular weight excluding hydrogens is 280 g/mol. The molecule has 2 nitrogen and oxygen atoms in total. The van der Waals surface area contributed by atoms with E-state index in [0.717, 1.165) is 4.91 Å². The van der Waals surface area contributed by atoms with Crippen LogP contribution in [0.4, 0.5) is 0 Å². The molecular formula is C18H16O2S. The molecule has 0 atom stereocenters. The fourth-order valence-electron chi connectivity index (χ4n) is 1.90. The molecule has 0 heterocycles. The Labute approximate surface area is 128 Å². The van der Waals surface area contributed by atoms with Crippen LogP contribution in [0.5, 0.6) is 0 Å². The van der Waals surface area contributed by atoms with E-state index in [1.165, 1.54) is 11.8 Å². The summed E-state index contributed by atoms with van der Waals surface area (Å²) in [7, 11) is 0. The van der Waals surface area contributed by atoms with Gasteiger partial charge in [0.05, 0.1) is 0 Å². The van der Waals surface area contributed by atoms with Gasteiger partial charge in [0.2, 0.25) is 0 Å². The summed E-state index contributed by atoms with van der Waals surface area (Å²) in [6, 6.07) is 18.2. The van der Waals surface area contributed by atoms with Gasteiger partial charge in [0.15, 0.2) is 11.6 Å². The van der Waals surface area contributed by atoms with Crippen molar-refractivity contribution in [2.75, 3.05) is 6.26 Å². The Morgan fingerprint density at radius 2 is 1.43 bits per heavy atom. The number of ketones is 2. The summed E-state index contributed by atoms with van der Waals surface area (Å²) >= 11 is 1.44. The van der Waals surface area contributed by atoms with Crippen molar-refractivity contribution in [2.24, 2.45) is 0 Å². The first kappa shape index (κ1) is 15.3. The zero-order valence-electron chi connectivity index (χ0n) is 11.8. The van der Waals surface area contributed by atoms with Gasteiger partial charge in [-0.1, -0.05) is 60.7 Å². The largest absolute Gasteiger partial charge is 0.294 e. The summed E-state index contributed by atoms with van der Waals surface area (Å²) < 4.78 is 0. The minimum absolute atomic E-state index is 0.0251. The third-order valence-electron chi connectivity index (χ3n) is 3.04. The Bertz CT molecular complexity index is 645. The first-order chi connectivity index (χ1) is 10.2. The molecule has 3 heteroatoms. The molecule has 2 rings (SSSR count). The standard InChI is InChI=1S/C18H16O2S/c1-21-16(12-17(19)14-8-4-2-5-9-14)13-18(20)15-10-6-3-7-11-15/h2-12H,13H2,1H3. The highest BCUT2D eigenvalue weighted by Crippen LogP contribution is 2.20. The van der Waals surface area contributed by atoms with Crippen molar-refractivity contribution in [1.82, 2.24) is 0 Å². The lowest BCUT2D eigenvalue weighted by Crippen LogP contribution is -2.01. The molecule has 0 aromatic heterocycles. The van der Waals surface area contributed by atoms with Crippen molar-refractivity contribution >= 4 is 23.3 Å². The number of allylic oxidation sites excluding steroid dienone is 2. The van der Waals surface area contributed by atoms with Crippen LogP contribution in [-0.4, -0.2) is 17.8 Å². The van der Waals surface area contributed by atoms with E-state index in [1.54, 1.807) is 30.3 Å². The van der Waals surface area contributed by atoms with E-state index >= 15 is 0 Å². The molecule has 0 aliphatic carbocycles. The van der Waals surface area contributed by atoms with E-state index in [0.29, 0.717) is 11.1 Å². The third kappa shape index (κ3) is 4.43. The van der Waals surface area contributed by atoms with E-state index < -0.39 is 0 Å². The van der Waals surface area contributed by atoms with Gasteiger partial charge in [-0.25, -0.2) is 0 Å². The van der Waals surface area contributed by atoms with E-state index in [1.807, 2.05) is 42.7 Å². The average molecular weight is 296 g/mol. The van der Waals surface area contributed by atoms with Gasteiger partial charge < -0.3 is 0 Å². The summed E-state index contributed by atoms with van der Waals surface area (Å²) in [6.07, 6.45) is 3.69. The smallest absolute Gasteiger partial charge is 0.186 e. The summed E-state index contributed by atoms with van der Waals surface area (Å²) in [6.45, 7) is 0. The van der Waals surface area contributed by atoms with Crippen LogP contribution >= 0.6 is 11.8 Å². The summed E-state index contributed by atoms with van der Waals surface area (Å²) in [5.41, 5.74) is 1.31. The lowest BCUT2D eigenvalue weighted by molar-refractivity contribution is 0.0995. The van der Waals surface area contributed by atoms with Crippen LogP contribution in [0.3, 0.4) is 0 Å². The Hall–Kier alpha value is -2.13. The van der Waals surface area contributed by atoms with Crippen molar-refractivity contribution in [1.29, 1.82) is 0 Å². The molecule has 0 aliphatic heterocycles. The topological polar surface area (TPSA) is 34.1 Å². The molecule has 106 valence electrons. The van der Waals surface area contributed by atoms with Crippen LogP contribution in [0.15, 0.2) is 71.6 Å². The fraction of sp³-hybridized carbons (Fsp3) is 0.111. The van der Waals surface area contributed by atoms with Gasteiger partial charge in [-0.3, -0.25) is 9.59 Å². The Balaban J connectivity index is 2.11. The number of benzene rings is 2. The van der Waals surface area contributed by atoms with E-state index in [-0.39, 0.29) is 18.0 Å². The maximum Gasteiger partial charge on any atom is 0.186 e. The number of carbonyl (C=O) groups excluding carboxylic acids is 2. The predicted molar refractivity (Wildman–Crippen MR) is 87.8 cm³/mol. The average Bonchev–Trinajstić information content (AvgIpc) is 2.55. The van der Waals surface area contributed by atoms with Gasteiger partial charge in [0.25, 0.3) is 0 Å². The second-order valence-corrected chi connectivity index (χ2v) is 5.44. The second-order valence-electron chi connectivity index (χ2n) is 4.51. The molecule has 0 saturated heterocycles. The number of thioether (sulfide) groups is 1. The minimum Gasteiger partial charge on any atom is -0.294 e. The van der Waals surface area contributed by atoms with E-state index in [9.17, 15) is 9.59 Å². The number of hydrogen-bond acceptors (Lipinski definition) is 3. The Kier molecular flexibility index (Phi) is 5.52. The van der Waals surface area contributed by atoms with Gasteiger partial charge in [0, 0.05) is 17.5 Å². The molecule has 21 heavy (non-hydrogen) atoms. The fourth-order valence-corrected chi connectivity index (χ4v) is 2.40. The SMILES string of the molecule is CSC(=CC(=O)c1ccccc1)CC(=O)c1ccccc1. The molecule has 2 aromatic rings. The summed E-state index contributed by atoms with van der Waals surface area (Å²) in [5, 5.41) is 0. The predicted octanol–water partition coefficient (Wildman–Crippen LogP) is 4.39. The van der Waals surface area contributed by atoms with Crippen LogP contribution in [0.2, 0.25) is 0 Å². The van der Waals surface area contributed by atoms with Gasteiger partial charge >= 0.3 is 0 Å². The van der Waals surface area contributed by atoms with Crippen LogP contribution in [0, 0.1) is 0 Å². The zero-order valence-corrected chi connectivity index (χ0v) is 12.6. The molecule has 0 fully saturated rings. The van der Waals surface area contributed by atoms with Gasteiger partial charge in [-0.15, -0.1) is 11.8 Å². The first-order valence-electron chi connectivity index (χ1n) is 6.63. The molecule has 0 saturated carbocycles. The van der Waals surface area contributed by atoms with Gasteiger partial charge in [-0.05, 0) is 17.2 Å². The van der Waals surface area contributed by atoms with Crippen molar-refractivity contribution in [3.63, 3.8) is 0 Å². The number of rotatable bonds is 6. The molecule has 0 aliphatic rings. The summed E-state index contributed by atoms with van der Waals surface area (Å²) in [4.78, 5) is 25.1. The van der Waals surface area contributed by atoms with Gasteiger partial charge in [0.1, 0.15) is 0 Å². The Morgan fingerprint density at radius 3 is 1.95 bits per heavy atom. The zero-order chi connectivity index (χ0) is 15.1. The lowest BCUT2D eigenvalue weighted by atomic mass is 10.1. The molecule has 0 amide bonds. The molecule has 0 spiro atoms. The Morgan fingerprint density at radius 1 is 0.905 bits per heavy atom. The highest BCUT2D eigenvalue weighted by Gasteiger charge is 2.10. The quantitative estimate of drug-likeness (QED) is 0.585. The van der Waals surface area contributed by atoms with E-state index in [2.05, 4.69) is 0 Å². The molecule has 0 N–H and O–H groups in total. The first-order valence-corrected chi connectivity index (χ1v) is 7.85.